The molecule has 2 aromatic rings. The zero-order valence-corrected chi connectivity index (χ0v) is 12.0. The number of furan rings is 1. The molecule has 0 spiro atoms. The van der Waals surface area contributed by atoms with Gasteiger partial charge in [0.15, 0.2) is 0 Å². The van der Waals surface area contributed by atoms with E-state index < -0.39 is 23.6 Å². The maximum atomic E-state index is 13.6. The fraction of sp³-hybridized carbons (Fsp3) is 0.267. The molecule has 0 aliphatic rings. The minimum atomic E-state index is -0.816. The second-order valence-corrected chi connectivity index (χ2v) is 4.71. The molecule has 0 aliphatic carbocycles. The predicted octanol–water partition coefficient (Wildman–Crippen LogP) is 3.40. The largest absolute Gasteiger partial charge is 0.464 e. The number of aryl methyl sites for hydroxylation is 1. The first kappa shape index (κ1) is 15.0. The van der Waals surface area contributed by atoms with Crippen molar-refractivity contribution in [2.45, 2.75) is 19.9 Å². The topological polar surface area (TPSA) is 54.3 Å². The van der Waals surface area contributed by atoms with Gasteiger partial charge in [-0.3, -0.25) is 4.79 Å². The molecule has 1 atom stereocenters. The van der Waals surface area contributed by atoms with Crippen LogP contribution in [0.5, 0.6) is 0 Å². The number of carbonyl (C=O) groups is 1. The van der Waals surface area contributed by atoms with E-state index in [2.05, 4.69) is 10.6 Å². The molecule has 0 bridgehead atoms. The summed E-state index contributed by atoms with van der Waals surface area (Å²) in [6.45, 7) is 3.52. The first-order valence-electron chi connectivity index (χ1n) is 6.46. The number of rotatable bonds is 4. The maximum absolute atomic E-state index is 13.6. The average Bonchev–Trinajstić information content (AvgIpc) is 2.85. The maximum Gasteiger partial charge on any atom is 0.252 e. The molecule has 0 fully saturated rings. The number of anilines is 1. The monoisotopic (exact) mass is 294 g/mol. The van der Waals surface area contributed by atoms with Crippen LogP contribution in [0.2, 0.25) is 0 Å². The molecule has 112 valence electrons. The van der Waals surface area contributed by atoms with Crippen LogP contribution in [0.15, 0.2) is 28.7 Å². The molecule has 1 unspecified atom stereocenters. The molecule has 0 saturated carbocycles. The fourth-order valence-electron chi connectivity index (χ4n) is 1.98. The van der Waals surface area contributed by atoms with E-state index >= 15 is 0 Å². The summed E-state index contributed by atoms with van der Waals surface area (Å²) < 4.78 is 32.7. The normalized spacial score (nSPS) is 12.0. The van der Waals surface area contributed by atoms with Gasteiger partial charge in [0, 0.05) is 12.6 Å². The summed E-state index contributed by atoms with van der Waals surface area (Å²) in [5.74, 6) is -0.902. The van der Waals surface area contributed by atoms with Crippen molar-refractivity contribution in [3.05, 3.63) is 53.0 Å². The molecule has 2 N–H and O–H groups in total. The lowest BCUT2D eigenvalue weighted by molar-refractivity contribution is 0.0934. The van der Waals surface area contributed by atoms with Gasteiger partial charge in [-0.15, -0.1) is 0 Å². The van der Waals surface area contributed by atoms with Crippen LogP contribution in [0.25, 0.3) is 0 Å². The summed E-state index contributed by atoms with van der Waals surface area (Å²) in [7, 11) is 1.41. The highest BCUT2D eigenvalue weighted by molar-refractivity contribution is 5.94. The van der Waals surface area contributed by atoms with Gasteiger partial charge < -0.3 is 15.1 Å². The number of benzene rings is 1. The van der Waals surface area contributed by atoms with Crippen LogP contribution in [0.1, 0.15) is 34.8 Å². The second kappa shape index (κ2) is 5.95. The summed E-state index contributed by atoms with van der Waals surface area (Å²) in [4.78, 5) is 12.0. The van der Waals surface area contributed by atoms with Crippen molar-refractivity contribution in [1.29, 1.82) is 0 Å². The molecule has 1 heterocycles. The van der Waals surface area contributed by atoms with Crippen LogP contribution in [0.4, 0.5) is 14.5 Å². The molecule has 0 aliphatic heterocycles. The van der Waals surface area contributed by atoms with Crippen molar-refractivity contribution in [2.24, 2.45) is 0 Å². The highest BCUT2D eigenvalue weighted by Gasteiger charge is 2.17. The molecule has 1 aromatic heterocycles. The molecule has 1 aromatic carbocycles. The minimum absolute atomic E-state index is 0.0841. The lowest BCUT2D eigenvalue weighted by Gasteiger charge is -2.12. The molecule has 0 saturated heterocycles. The summed E-state index contributed by atoms with van der Waals surface area (Å²) in [6.07, 6.45) is 0. The fourth-order valence-corrected chi connectivity index (χ4v) is 1.98. The number of halogens is 2. The zero-order valence-electron chi connectivity index (χ0n) is 12.0. The Morgan fingerprint density at radius 3 is 2.33 bits per heavy atom. The van der Waals surface area contributed by atoms with Gasteiger partial charge in [-0.05, 0) is 38.1 Å². The first-order chi connectivity index (χ1) is 9.92. The van der Waals surface area contributed by atoms with Crippen molar-refractivity contribution in [3.8, 4) is 0 Å². The molecular weight excluding hydrogens is 278 g/mol. The van der Waals surface area contributed by atoms with Crippen LogP contribution in [0.3, 0.4) is 0 Å². The smallest absolute Gasteiger partial charge is 0.252 e. The average molecular weight is 294 g/mol. The van der Waals surface area contributed by atoms with E-state index in [0.717, 1.165) is 17.9 Å². The molecule has 21 heavy (non-hydrogen) atoms. The lowest BCUT2D eigenvalue weighted by Crippen LogP contribution is -2.26. The Labute approximate surface area is 121 Å². The Bertz CT molecular complexity index is 644. The van der Waals surface area contributed by atoms with Gasteiger partial charge in [0.2, 0.25) is 0 Å². The Morgan fingerprint density at radius 1 is 1.24 bits per heavy atom. The van der Waals surface area contributed by atoms with Crippen LogP contribution < -0.4 is 10.6 Å². The van der Waals surface area contributed by atoms with Gasteiger partial charge in [0.25, 0.3) is 5.91 Å². The third-order valence-corrected chi connectivity index (χ3v) is 3.09. The summed E-state index contributed by atoms with van der Waals surface area (Å²) in [5, 5.41) is 5.03. The van der Waals surface area contributed by atoms with Crippen molar-refractivity contribution in [2.75, 3.05) is 12.4 Å². The van der Waals surface area contributed by atoms with Gasteiger partial charge in [-0.25, -0.2) is 8.78 Å². The summed E-state index contributed by atoms with van der Waals surface area (Å²) in [5.41, 5.74) is -0.347. The van der Waals surface area contributed by atoms with Crippen molar-refractivity contribution in [3.63, 3.8) is 0 Å². The highest BCUT2D eigenvalue weighted by Crippen LogP contribution is 2.21. The zero-order chi connectivity index (χ0) is 15.6. The van der Waals surface area contributed by atoms with E-state index in [1.165, 1.54) is 7.05 Å². The highest BCUT2D eigenvalue weighted by atomic mass is 19.1. The Kier molecular flexibility index (Phi) is 4.26. The van der Waals surface area contributed by atoms with Crippen LogP contribution in [0, 0.1) is 18.6 Å². The Balaban J connectivity index is 2.17. The van der Waals surface area contributed by atoms with Crippen LogP contribution >= 0.6 is 0 Å². The summed E-state index contributed by atoms with van der Waals surface area (Å²) >= 11 is 0. The lowest BCUT2D eigenvalue weighted by atomic mass is 10.1. The number of hydrogen-bond acceptors (Lipinski definition) is 3. The van der Waals surface area contributed by atoms with Crippen LogP contribution in [-0.2, 0) is 0 Å². The molecule has 6 heteroatoms. The van der Waals surface area contributed by atoms with E-state index in [9.17, 15) is 13.6 Å². The van der Waals surface area contributed by atoms with Gasteiger partial charge in [0.05, 0.1) is 6.04 Å². The molecule has 2 rings (SSSR count). The molecule has 4 nitrogen and oxygen atoms in total. The van der Waals surface area contributed by atoms with E-state index in [1.807, 2.05) is 0 Å². The molecule has 1 amide bonds. The Hall–Kier alpha value is -2.37. The predicted molar refractivity (Wildman–Crippen MR) is 75.2 cm³/mol. The van der Waals surface area contributed by atoms with Gasteiger partial charge in [0.1, 0.15) is 28.8 Å². The molecular formula is C15H16F2N2O2. The number of hydrogen-bond donors (Lipinski definition) is 2. The van der Waals surface area contributed by atoms with Gasteiger partial charge in [-0.1, -0.05) is 0 Å². The SMILES string of the molecule is CNc1c(F)cc(C(=O)NC(C)c2ccc(C)o2)cc1F. The van der Waals surface area contributed by atoms with Gasteiger partial charge >= 0.3 is 0 Å². The number of amides is 1. The first-order valence-corrected chi connectivity index (χ1v) is 6.46. The number of nitrogens with one attached hydrogen (secondary N) is 2. The Morgan fingerprint density at radius 2 is 1.86 bits per heavy atom. The van der Waals surface area contributed by atoms with E-state index in [-0.39, 0.29) is 11.3 Å². The standard InChI is InChI=1S/C15H16F2N2O2/c1-8-4-5-13(21-8)9(2)19-15(20)10-6-11(16)14(18-3)12(17)7-10/h4-7,9,18H,1-3H3,(H,19,20). The quantitative estimate of drug-likeness (QED) is 0.908. The summed E-state index contributed by atoms with van der Waals surface area (Å²) in [6, 6.07) is 5.10. The number of carbonyl (C=O) groups excluding carboxylic acids is 1. The third-order valence-electron chi connectivity index (χ3n) is 3.09. The van der Waals surface area contributed by atoms with Crippen molar-refractivity contribution >= 4 is 11.6 Å². The third kappa shape index (κ3) is 3.21. The van der Waals surface area contributed by atoms with E-state index in [4.69, 9.17) is 4.42 Å². The van der Waals surface area contributed by atoms with Crippen molar-refractivity contribution < 1.29 is 18.0 Å². The van der Waals surface area contributed by atoms with E-state index in [1.54, 1.807) is 26.0 Å². The van der Waals surface area contributed by atoms with E-state index in [0.29, 0.717) is 5.76 Å². The van der Waals surface area contributed by atoms with Crippen LogP contribution in [-0.4, -0.2) is 13.0 Å². The minimum Gasteiger partial charge on any atom is -0.464 e. The second-order valence-electron chi connectivity index (χ2n) is 4.71. The van der Waals surface area contributed by atoms with Gasteiger partial charge in [-0.2, -0.15) is 0 Å². The molecule has 0 radical (unpaired) electrons. The van der Waals surface area contributed by atoms with Crippen molar-refractivity contribution in [1.82, 2.24) is 5.32 Å².